The summed E-state index contributed by atoms with van der Waals surface area (Å²) in [5, 5.41) is 2.85. The molecule has 0 saturated heterocycles. The summed E-state index contributed by atoms with van der Waals surface area (Å²) in [7, 11) is 1.59. The summed E-state index contributed by atoms with van der Waals surface area (Å²) in [5.41, 5.74) is 1.66. The van der Waals surface area contributed by atoms with Gasteiger partial charge in [-0.3, -0.25) is 4.79 Å². The van der Waals surface area contributed by atoms with E-state index < -0.39 is 0 Å². The van der Waals surface area contributed by atoms with Crippen LogP contribution in [0.3, 0.4) is 0 Å². The van der Waals surface area contributed by atoms with Crippen molar-refractivity contribution < 1.29 is 9.53 Å². The molecule has 0 aliphatic carbocycles. The number of methoxy groups -OCH3 is 1. The zero-order chi connectivity index (χ0) is 14.5. The molecule has 0 spiro atoms. The van der Waals surface area contributed by atoms with Crippen LogP contribution in [0.25, 0.3) is 0 Å². The Morgan fingerprint density at radius 2 is 1.95 bits per heavy atom. The van der Waals surface area contributed by atoms with Gasteiger partial charge in [-0.25, -0.2) is 0 Å². The number of ether oxygens (including phenoxy) is 1. The average Bonchev–Trinajstić information content (AvgIpc) is 2.43. The Bertz CT molecular complexity index is 614. The number of carbonyl (C=O) groups excluding carboxylic acids is 1. The van der Waals surface area contributed by atoms with Crippen molar-refractivity contribution in [1.82, 2.24) is 0 Å². The lowest BCUT2D eigenvalue weighted by Gasteiger charge is -2.08. The van der Waals surface area contributed by atoms with Crippen LogP contribution in [0.15, 0.2) is 51.8 Å². The molecule has 0 aliphatic heterocycles. The summed E-state index contributed by atoms with van der Waals surface area (Å²) in [6.45, 7) is 0. The van der Waals surface area contributed by atoms with Gasteiger partial charge in [0.15, 0.2) is 0 Å². The van der Waals surface area contributed by atoms with Gasteiger partial charge in [0.25, 0.3) is 0 Å². The first-order chi connectivity index (χ1) is 9.58. The van der Waals surface area contributed by atoms with E-state index in [4.69, 9.17) is 4.74 Å². The number of amides is 1. The third-order valence-electron chi connectivity index (χ3n) is 2.74. The van der Waals surface area contributed by atoms with Crippen LogP contribution in [0.5, 0.6) is 5.75 Å². The Labute approximate surface area is 131 Å². The largest absolute Gasteiger partial charge is 0.495 e. The van der Waals surface area contributed by atoms with E-state index in [9.17, 15) is 4.79 Å². The molecule has 0 aromatic heterocycles. The van der Waals surface area contributed by atoms with Crippen LogP contribution >= 0.6 is 28.6 Å². The van der Waals surface area contributed by atoms with Crippen LogP contribution in [0, 0.1) is 0 Å². The van der Waals surface area contributed by atoms with Crippen molar-refractivity contribution in [3.63, 3.8) is 0 Å². The quantitative estimate of drug-likeness (QED) is 0.819. The Balaban J connectivity index is 2.02. The van der Waals surface area contributed by atoms with E-state index in [1.54, 1.807) is 13.2 Å². The summed E-state index contributed by atoms with van der Waals surface area (Å²) in [6, 6.07) is 13.0. The lowest BCUT2D eigenvalue weighted by molar-refractivity contribution is -0.115. The lowest BCUT2D eigenvalue weighted by Crippen LogP contribution is -2.14. The number of nitrogens with one attached hydrogen (secondary N) is 1. The Kier molecular flexibility index (Phi) is 5.09. The van der Waals surface area contributed by atoms with Crippen molar-refractivity contribution in [3.8, 4) is 5.75 Å². The lowest BCUT2D eigenvalue weighted by atomic mass is 10.1. The summed E-state index contributed by atoms with van der Waals surface area (Å²) < 4.78 is 6.04. The minimum absolute atomic E-state index is 0.0683. The molecule has 1 N–H and O–H groups in total. The second-order valence-electron chi connectivity index (χ2n) is 4.24. The number of rotatable bonds is 4. The molecular weight excluding hydrogens is 338 g/mol. The summed E-state index contributed by atoms with van der Waals surface area (Å²) in [6.07, 6.45) is 0.326. The standard InChI is InChI=1S/C15H14BrNO2S/c1-19-14-9-11(4-7-13(14)16)17-15(18)8-10-2-5-12(20)6-3-10/h2-7,9,20H,8H2,1H3,(H,17,18). The minimum Gasteiger partial charge on any atom is -0.495 e. The molecule has 20 heavy (non-hydrogen) atoms. The van der Waals surface area contributed by atoms with E-state index >= 15 is 0 Å². The highest BCUT2D eigenvalue weighted by molar-refractivity contribution is 9.10. The van der Waals surface area contributed by atoms with Crippen molar-refractivity contribution in [1.29, 1.82) is 0 Å². The van der Waals surface area contributed by atoms with Gasteiger partial charge in [-0.2, -0.15) is 0 Å². The molecule has 104 valence electrons. The van der Waals surface area contributed by atoms with Gasteiger partial charge in [0, 0.05) is 16.6 Å². The molecule has 0 atom stereocenters. The smallest absolute Gasteiger partial charge is 0.228 e. The molecule has 0 aliphatic rings. The average molecular weight is 352 g/mol. The number of carbonyl (C=O) groups is 1. The topological polar surface area (TPSA) is 38.3 Å². The van der Waals surface area contributed by atoms with Gasteiger partial charge < -0.3 is 10.1 Å². The number of hydrogen-bond acceptors (Lipinski definition) is 3. The Hall–Kier alpha value is -1.46. The van der Waals surface area contributed by atoms with E-state index in [1.165, 1.54) is 0 Å². The van der Waals surface area contributed by atoms with E-state index in [2.05, 4.69) is 33.9 Å². The third-order valence-corrected chi connectivity index (χ3v) is 3.69. The number of benzene rings is 2. The molecular formula is C15H14BrNO2S. The highest BCUT2D eigenvalue weighted by Crippen LogP contribution is 2.27. The molecule has 0 fully saturated rings. The molecule has 0 heterocycles. The van der Waals surface area contributed by atoms with Gasteiger partial charge >= 0.3 is 0 Å². The predicted molar refractivity (Wildman–Crippen MR) is 86.7 cm³/mol. The van der Waals surface area contributed by atoms with Gasteiger partial charge in [0.2, 0.25) is 5.91 Å². The normalized spacial score (nSPS) is 10.2. The maximum absolute atomic E-state index is 12.0. The van der Waals surface area contributed by atoms with Crippen molar-refractivity contribution in [2.24, 2.45) is 0 Å². The van der Waals surface area contributed by atoms with Crippen LogP contribution in [0.4, 0.5) is 5.69 Å². The Morgan fingerprint density at radius 1 is 1.25 bits per heavy atom. The maximum atomic E-state index is 12.0. The maximum Gasteiger partial charge on any atom is 0.228 e. The number of hydrogen-bond donors (Lipinski definition) is 2. The first kappa shape index (κ1) is 14.9. The van der Waals surface area contributed by atoms with Crippen LogP contribution < -0.4 is 10.1 Å². The second-order valence-corrected chi connectivity index (χ2v) is 5.61. The highest BCUT2D eigenvalue weighted by Gasteiger charge is 2.06. The molecule has 0 bridgehead atoms. The Morgan fingerprint density at radius 3 is 2.60 bits per heavy atom. The van der Waals surface area contributed by atoms with E-state index in [-0.39, 0.29) is 5.91 Å². The minimum atomic E-state index is -0.0683. The number of thiol groups is 1. The molecule has 1 amide bonds. The SMILES string of the molecule is COc1cc(NC(=O)Cc2ccc(S)cc2)ccc1Br. The van der Waals surface area contributed by atoms with E-state index in [1.807, 2.05) is 36.4 Å². The second kappa shape index (κ2) is 6.81. The first-order valence-corrected chi connectivity index (χ1v) is 7.24. The molecule has 0 radical (unpaired) electrons. The van der Waals surface area contributed by atoms with Gasteiger partial charge in [-0.05, 0) is 45.8 Å². The van der Waals surface area contributed by atoms with Gasteiger partial charge in [-0.1, -0.05) is 12.1 Å². The fraction of sp³-hybridized carbons (Fsp3) is 0.133. The molecule has 0 unspecified atom stereocenters. The van der Waals surface area contributed by atoms with Crippen LogP contribution in [-0.4, -0.2) is 13.0 Å². The van der Waals surface area contributed by atoms with Crippen molar-refractivity contribution >= 4 is 40.2 Å². The first-order valence-electron chi connectivity index (χ1n) is 6.00. The fourth-order valence-electron chi connectivity index (χ4n) is 1.74. The van der Waals surface area contributed by atoms with E-state index in [0.717, 1.165) is 14.9 Å². The molecule has 2 rings (SSSR count). The van der Waals surface area contributed by atoms with Gasteiger partial charge in [0.05, 0.1) is 18.0 Å². The highest BCUT2D eigenvalue weighted by atomic mass is 79.9. The van der Waals surface area contributed by atoms with E-state index in [0.29, 0.717) is 17.9 Å². The zero-order valence-electron chi connectivity index (χ0n) is 10.9. The van der Waals surface area contributed by atoms with Gasteiger partial charge in [0.1, 0.15) is 5.75 Å². The summed E-state index contributed by atoms with van der Waals surface area (Å²) >= 11 is 7.59. The number of halogens is 1. The molecule has 5 heteroatoms. The van der Waals surface area contributed by atoms with Crippen LogP contribution in [-0.2, 0) is 11.2 Å². The van der Waals surface area contributed by atoms with Crippen molar-refractivity contribution in [2.75, 3.05) is 12.4 Å². The molecule has 2 aromatic carbocycles. The fourth-order valence-corrected chi connectivity index (χ4v) is 2.30. The zero-order valence-corrected chi connectivity index (χ0v) is 13.4. The molecule has 0 saturated carbocycles. The molecule has 3 nitrogen and oxygen atoms in total. The van der Waals surface area contributed by atoms with Gasteiger partial charge in [-0.15, -0.1) is 12.6 Å². The summed E-state index contributed by atoms with van der Waals surface area (Å²) in [4.78, 5) is 12.8. The van der Waals surface area contributed by atoms with Crippen molar-refractivity contribution in [3.05, 3.63) is 52.5 Å². The number of anilines is 1. The van der Waals surface area contributed by atoms with Crippen LogP contribution in [0.2, 0.25) is 0 Å². The summed E-state index contributed by atoms with van der Waals surface area (Å²) in [5.74, 6) is 0.614. The predicted octanol–water partition coefficient (Wildman–Crippen LogP) is 3.93. The monoisotopic (exact) mass is 351 g/mol. The molecule has 2 aromatic rings. The van der Waals surface area contributed by atoms with Crippen LogP contribution in [0.1, 0.15) is 5.56 Å². The van der Waals surface area contributed by atoms with Crippen molar-refractivity contribution in [2.45, 2.75) is 11.3 Å². The third kappa shape index (κ3) is 4.02.